The lowest BCUT2D eigenvalue weighted by Gasteiger charge is -2.27. The van der Waals surface area contributed by atoms with Crippen LogP contribution in [0.15, 0.2) is 0 Å². The molecule has 1 atom stereocenters. The SMILES string of the molecule is CCN(C(C)C)S(=O)(=O)CCC1CCCCN1. The second kappa shape index (κ2) is 6.71. The Morgan fingerprint density at radius 3 is 2.53 bits per heavy atom. The third-order valence-corrected chi connectivity index (χ3v) is 5.53. The Labute approximate surface area is 106 Å². The fourth-order valence-corrected chi connectivity index (χ4v) is 4.31. The van der Waals surface area contributed by atoms with E-state index in [1.165, 1.54) is 12.8 Å². The van der Waals surface area contributed by atoms with Crippen LogP contribution in [0.5, 0.6) is 0 Å². The number of sulfonamides is 1. The van der Waals surface area contributed by atoms with Gasteiger partial charge in [0, 0.05) is 18.6 Å². The molecule has 0 bridgehead atoms. The monoisotopic (exact) mass is 262 g/mol. The van der Waals surface area contributed by atoms with E-state index in [-0.39, 0.29) is 11.8 Å². The van der Waals surface area contributed by atoms with Crippen molar-refractivity contribution >= 4 is 10.0 Å². The minimum absolute atomic E-state index is 0.0596. The molecule has 1 aliphatic heterocycles. The van der Waals surface area contributed by atoms with E-state index in [0.29, 0.717) is 12.6 Å². The summed E-state index contributed by atoms with van der Waals surface area (Å²) in [4.78, 5) is 0. The first kappa shape index (κ1) is 14.9. The third-order valence-electron chi connectivity index (χ3n) is 3.38. The Hall–Kier alpha value is -0.130. The van der Waals surface area contributed by atoms with E-state index in [9.17, 15) is 8.42 Å². The maximum atomic E-state index is 12.1. The lowest BCUT2D eigenvalue weighted by Crippen LogP contribution is -2.41. The molecule has 0 aliphatic carbocycles. The zero-order chi connectivity index (χ0) is 12.9. The molecule has 1 saturated heterocycles. The topological polar surface area (TPSA) is 49.4 Å². The molecule has 1 rings (SSSR count). The molecule has 1 fully saturated rings. The second-order valence-corrected chi connectivity index (χ2v) is 7.09. The van der Waals surface area contributed by atoms with Gasteiger partial charge in [-0.05, 0) is 39.7 Å². The first-order valence-electron chi connectivity index (χ1n) is 6.70. The molecule has 102 valence electrons. The molecule has 0 aromatic rings. The van der Waals surface area contributed by atoms with Crippen LogP contribution in [0.25, 0.3) is 0 Å². The highest BCUT2D eigenvalue weighted by Gasteiger charge is 2.24. The van der Waals surface area contributed by atoms with Crippen LogP contribution in [0.2, 0.25) is 0 Å². The average Bonchev–Trinajstić information content (AvgIpc) is 2.28. The molecular weight excluding hydrogens is 236 g/mol. The lowest BCUT2D eigenvalue weighted by molar-refractivity contribution is 0.359. The van der Waals surface area contributed by atoms with E-state index in [2.05, 4.69) is 5.32 Å². The van der Waals surface area contributed by atoms with Crippen LogP contribution < -0.4 is 5.32 Å². The Kier molecular flexibility index (Phi) is 5.89. The highest BCUT2D eigenvalue weighted by atomic mass is 32.2. The lowest BCUT2D eigenvalue weighted by atomic mass is 10.0. The van der Waals surface area contributed by atoms with Crippen molar-refractivity contribution in [2.24, 2.45) is 0 Å². The van der Waals surface area contributed by atoms with Gasteiger partial charge in [0.15, 0.2) is 0 Å². The van der Waals surface area contributed by atoms with Crippen molar-refractivity contribution in [2.45, 2.75) is 58.5 Å². The van der Waals surface area contributed by atoms with E-state index in [1.807, 2.05) is 20.8 Å². The van der Waals surface area contributed by atoms with Crippen LogP contribution in [0.3, 0.4) is 0 Å². The molecule has 1 aliphatic rings. The van der Waals surface area contributed by atoms with Crippen LogP contribution >= 0.6 is 0 Å². The predicted molar refractivity (Wildman–Crippen MR) is 71.6 cm³/mol. The quantitative estimate of drug-likeness (QED) is 0.790. The van der Waals surface area contributed by atoms with Gasteiger partial charge >= 0.3 is 0 Å². The van der Waals surface area contributed by atoms with Gasteiger partial charge in [-0.3, -0.25) is 0 Å². The molecule has 1 N–H and O–H groups in total. The van der Waals surface area contributed by atoms with Gasteiger partial charge in [0.05, 0.1) is 5.75 Å². The highest BCUT2D eigenvalue weighted by molar-refractivity contribution is 7.89. The minimum atomic E-state index is -3.08. The van der Waals surface area contributed by atoms with Gasteiger partial charge in [-0.15, -0.1) is 0 Å². The molecule has 0 spiro atoms. The van der Waals surface area contributed by atoms with Gasteiger partial charge in [-0.25, -0.2) is 8.42 Å². The highest BCUT2D eigenvalue weighted by Crippen LogP contribution is 2.14. The van der Waals surface area contributed by atoms with E-state index in [0.717, 1.165) is 19.4 Å². The maximum absolute atomic E-state index is 12.1. The Morgan fingerprint density at radius 2 is 2.06 bits per heavy atom. The molecular formula is C12H26N2O2S. The summed E-state index contributed by atoms with van der Waals surface area (Å²) < 4.78 is 25.9. The zero-order valence-corrected chi connectivity index (χ0v) is 12.1. The number of piperidine rings is 1. The first-order chi connectivity index (χ1) is 7.97. The van der Waals surface area contributed by atoms with Gasteiger partial charge in [0.2, 0.25) is 10.0 Å². The Bertz CT molecular complexity index is 308. The third kappa shape index (κ3) is 4.56. The fraction of sp³-hybridized carbons (Fsp3) is 1.00. The van der Waals surface area contributed by atoms with Gasteiger partial charge in [0.1, 0.15) is 0 Å². The molecule has 0 amide bonds. The summed E-state index contributed by atoms with van der Waals surface area (Å²) in [6, 6.07) is 0.453. The van der Waals surface area contributed by atoms with Crippen LogP contribution in [-0.4, -0.2) is 43.6 Å². The number of hydrogen-bond donors (Lipinski definition) is 1. The summed E-state index contributed by atoms with van der Waals surface area (Å²) in [5.74, 6) is 0.274. The number of hydrogen-bond acceptors (Lipinski definition) is 3. The van der Waals surface area contributed by atoms with Crippen molar-refractivity contribution in [1.29, 1.82) is 0 Å². The maximum Gasteiger partial charge on any atom is 0.214 e. The van der Waals surface area contributed by atoms with E-state index in [1.54, 1.807) is 4.31 Å². The smallest absolute Gasteiger partial charge is 0.214 e. The molecule has 1 unspecified atom stereocenters. The summed E-state index contributed by atoms with van der Waals surface area (Å²) in [5, 5.41) is 3.39. The summed E-state index contributed by atoms with van der Waals surface area (Å²) in [7, 11) is -3.08. The first-order valence-corrected chi connectivity index (χ1v) is 8.31. The standard InChI is InChI=1S/C12H26N2O2S/c1-4-14(11(2)3)17(15,16)10-8-12-7-5-6-9-13-12/h11-13H,4-10H2,1-3H3. The van der Waals surface area contributed by atoms with Crippen molar-refractivity contribution in [3.8, 4) is 0 Å². The van der Waals surface area contributed by atoms with Crippen molar-refractivity contribution < 1.29 is 8.42 Å². The van der Waals surface area contributed by atoms with E-state index in [4.69, 9.17) is 0 Å². The summed E-state index contributed by atoms with van der Waals surface area (Å²) in [5.41, 5.74) is 0. The minimum Gasteiger partial charge on any atom is -0.314 e. The van der Waals surface area contributed by atoms with Crippen molar-refractivity contribution in [1.82, 2.24) is 9.62 Å². The molecule has 0 aromatic heterocycles. The van der Waals surface area contributed by atoms with Crippen LogP contribution in [-0.2, 0) is 10.0 Å². The van der Waals surface area contributed by atoms with Crippen molar-refractivity contribution in [3.05, 3.63) is 0 Å². The molecule has 17 heavy (non-hydrogen) atoms. The molecule has 0 saturated carbocycles. The Morgan fingerprint density at radius 1 is 1.35 bits per heavy atom. The van der Waals surface area contributed by atoms with E-state index >= 15 is 0 Å². The number of rotatable bonds is 6. The second-order valence-electron chi connectivity index (χ2n) is 5.05. The van der Waals surface area contributed by atoms with Crippen molar-refractivity contribution in [2.75, 3.05) is 18.8 Å². The molecule has 5 heteroatoms. The molecule has 0 aromatic carbocycles. The van der Waals surface area contributed by atoms with Gasteiger partial charge in [-0.2, -0.15) is 4.31 Å². The fourth-order valence-electron chi connectivity index (χ4n) is 2.46. The number of nitrogens with zero attached hydrogens (tertiary/aromatic N) is 1. The van der Waals surface area contributed by atoms with Crippen LogP contribution in [0, 0.1) is 0 Å². The van der Waals surface area contributed by atoms with Gasteiger partial charge < -0.3 is 5.32 Å². The largest absolute Gasteiger partial charge is 0.314 e. The molecule has 1 heterocycles. The predicted octanol–water partition coefficient (Wildman–Crippen LogP) is 1.58. The summed E-state index contributed by atoms with van der Waals surface area (Å²) in [6.07, 6.45) is 4.30. The summed E-state index contributed by atoms with van der Waals surface area (Å²) >= 11 is 0. The molecule has 4 nitrogen and oxygen atoms in total. The van der Waals surface area contributed by atoms with Crippen molar-refractivity contribution in [3.63, 3.8) is 0 Å². The van der Waals surface area contributed by atoms with E-state index < -0.39 is 10.0 Å². The molecule has 0 radical (unpaired) electrons. The van der Waals surface area contributed by atoms with Gasteiger partial charge in [0.25, 0.3) is 0 Å². The van der Waals surface area contributed by atoms with Gasteiger partial charge in [-0.1, -0.05) is 13.3 Å². The zero-order valence-electron chi connectivity index (χ0n) is 11.3. The normalized spacial score (nSPS) is 22.3. The van der Waals surface area contributed by atoms with Crippen LogP contribution in [0.4, 0.5) is 0 Å². The summed E-state index contributed by atoms with van der Waals surface area (Å²) in [6.45, 7) is 7.36. The Balaban J connectivity index is 2.47. The average molecular weight is 262 g/mol. The number of nitrogens with one attached hydrogen (secondary N) is 1. The van der Waals surface area contributed by atoms with Crippen LogP contribution in [0.1, 0.15) is 46.5 Å².